The van der Waals surface area contributed by atoms with Gasteiger partial charge in [0.25, 0.3) is 0 Å². The molecule has 2 N–H and O–H groups in total. The van der Waals surface area contributed by atoms with Crippen molar-refractivity contribution in [3.8, 4) is 6.07 Å². The molecule has 20 heavy (non-hydrogen) atoms. The van der Waals surface area contributed by atoms with Crippen molar-refractivity contribution in [3.05, 3.63) is 52.7 Å². The van der Waals surface area contributed by atoms with Crippen LogP contribution in [-0.2, 0) is 0 Å². The molecule has 0 aliphatic rings. The van der Waals surface area contributed by atoms with Crippen LogP contribution < -0.4 is 5.32 Å². The summed E-state index contributed by atoms with van der Waals surface area (Å²) in [6.07, 6.45) is 1.60. The van der Waals surface area contributed by atoms with Gasteiger partial charge in [-0.3, -0.25) is 0 Å². The zero-order chi connectivity index (χ0) is 14.7. The van der Waals surface area contributed by atoms with Gasteiger partial charge in [0.05, 0.1) is 11.1 Å². The molecule has 5 heteroatoms. The minimum absolute atomic E-state index is 0.223. The smallest absolute Gasteiger partial charge is 0.336 e. The molecule has 0 fully saturated rings. The number of hydrogen-bond acceptors (Lipinski definition) is 4. The largest absolute Gasteiger partial charge is 0.478 e. The van der Waals surface area contributed by atoms with Crippen molar-refractivity contribution in [2.24, 2.45) is 0 Å². The Morgan fingerprint density at radius 1 is 1.30 bits per heavy atom. The molecule has 0 saturated carbocycles. The minimum atomic E-state index is -0.983. The van der Waals surface area contributed by atoms with Crippen LogP contribution in [0.4, 0.5) is 11.5 Å². The molecule has 0 radical (unpaired) electrons. The maximum atomic E-state index is 11.1. The van der Waals surface area contributed by atoms with Crippen molar-refractivity contribution in [2.75, 3.05) is 5.32 Å². The van der Waals surface area contributed by atoms with E-state index in [2.05, 4.69) is 16.4 Å². The summed E-state index contributed by atoms with van der Waals surface area (Å²) in [6.45, 7) is 3.56. The number of aromatic nitrogens is 1. The molecule has 0 atom stereocenters. The molecule has 1 aromatic heterocycles. The lowest BCUT2D eigenvalue weighted by molar-refractivity contribution is 0.0696. The molecule has 2 aromatic rings. The SMILES string of the molecule is Cc1ccc(Nc2nccc(C)c2C#N)cc1C(=O)O. The van der Waals surface area contributed by atoms with Gasteiger partial charge in [-0.1, -0.05) is 6.07 Å². The number of aromatic carboxylic acids is 1. The van der Waals surface area contributed by atoms with Crippen LogP contribution in [0.15, 0.2) is 30.5 Å². The average molecular weight is 267 g/mol. The monoisotopic (exact) mass is 267 g/mol. The third-order valence-electron chi connectivity index (χ3n) is 3.00. The predicted molar refractivity (Wildman–Crippen MR) is 75.1 cm³/mol. The molecule has 1 heterocycles. The van der Waals surface area contributed by atoms with Crippen LogP contribution in [0.1, 0.15) is 27.0 Å². The molecule has 100 valence electrons. The average Bonchev–Trinajstić information content (AvgIpc) is 2.41. The Morgan fingerprint density at radius 3 is 2.70 bits per heavy atom. The normalized spacial score (nSPS) is 9.85. The van der Waals surface area contributed by atoms with Gasteiger partial charge in [0, 0.05) is 11.9 Å². The van der Waals surface area contributed by atoms with Crippen LogP contribution in [0.5, 0.6) is 0 Å². The van der Waals surface area contributed by atoms with Crippen molar-refractivity contribution < 1.29 is 9.90 Å². The quantitative estimate of drug-likeness (QED) is 0.892. The summed E-state index contributed by atoms with van der Waals surface area (Å²) in [7, 11) is 0. The number of nitrogens with one attached hydrogen (secondary N) is 1. The standard InChI is InChI=1S/C15H13N3O2/c1-9-3-4-11(7-12(9)15(19)20)18-14-13(8-16)10(2)5-6-17-14/h3-7H,1-2H3,(H,17,18)(H,19,20). The maximum Gasteiger partial charge on any atom is 0.336 e. The van der Waals surface area contributed by atoms with Crippen LogP contribution in [0, 0.1) is 25.2 Å². The summed E-state index contributed by atoms with van der Waals surface area (Å²) in [6, 6.07) is 8.85. The van der Waals surface area contributed by atoms with E-state index < -0.39 is 5.97 Å². The van der Waals surface area contributed by atoms with Crippen molar-refractivity contribution >= 4 is 17.5 Å². The second-order valence-corrected chi connectivity index (χ2v) is 4.42. The molecule has 0 bridgehead atoms. The lowest BCUT2D eigenvalue weighted by Gasteiger charge is -2.10. The molecule has 0 unspecified atom stereocenters. The van der Waals surface area contributed by atoms with Gasteiger partial charge < -0.3 is 10.4 Å². The Labute approximate surface area is 116 Å². The third-order valence-corrected chi connectivity index (χ3v) is 3.00. The molecule has 5 nitrogen and oxygen atoms in total. The van der Waals surface area contributed by atoms with E-state index in [0.717, 1.165) is 5.56 Å². The zero-order valence-electron chi connectivity index (χ0n) is 11.1. The lowest BCUT2D eigenvalue weighted by Crippen LogP contribution is -2.03. The van der Waals surface area contributed by atoms with E-state index in [4.69, 9.17) is 10.4 Å². The summed E-state index contributed by atoms with van der Waals surface area (Å²) in [5.41, 5.74) is 2.75. The summed E-state index contributed by atoms with van der Waals surface area (Å²) in [4.78, 5) is 15.2. The van der Waals surface area contributed by atoms with Crippen LogP contribution in [-0.4, -0.2) is 16.1 Å². The third kappa shape index (κ3) is 2.59. The van der Waals surface area contributed by atoms with Crippen molar-refractivity contribution in [1.82, 2.24) is 4.98 Å². The van der Waals surface area contributed by atoms with Gasteiger partial charge >= 0.3 is 5.97 Å². The van der Waals surface area contributed by atoms with E-state index in [1.54, 1.807) is 31.3 Å². The number of rotatable bonds is 3. The zero-order valence-corrected chi connectivity index (χ0v) is 11.1. The summed E-state index contributed by atoms with van der Waals surface area (Å²) >= 11 is 0. The fraction of sp³-hybridized carbons (Fsp3) is 0.133. The number of nitrogens with zero attached hydrogens (tertiary/aromatic N) is 2. The Morgan fingerprint density at radius 2 is 2.05 bits per heavy atom. The first kappa shape index (κ1) is 13.6. The predicted octanol–water partition coefficient (Wildman–Crippen LogP) is 3.01. The Bertz CT molecular complexity index is 718. The summed E-state index contributed by atoms with van der Waals surface area (Å²) < 4.78 is 0. The lowest BCUT2D eigenvalue weighted by atomic mass is 10.1. The number of carboxylic acids is 1. The fourth-order valence-electron chi connectivity index (χ4n) is 1.86. The molecular formula is C15H13N3O2. The second-order valence-electron chi connectivity index (χ2n) is 4.42. The molecule has 0 aliphatic heterocycles. The molecule has 2 rings (SSSR count). The molecule has 0 aliphatic carbocycles. The van der Waals surface area contributed by atoms with Crippen LogP contribution in [0.25, 0.3) is 0 Å². The maximum absolute atomic E-state index is 11.1. The van der Waals surface area contributed by atoms with Gasteiger partial charge in [0.2, 0.25) is 0 Å². The first-order chi connectivity index (χ1) is 9.52. The van der Waals surface area contributed by atoms with Crippen molar-refractivity contribution in [3.63, 3.8) is 0 Å². The first-order valence-corrected chi connectivity index (χ1v) is 5.99. The van der Waals surface area contributed by atoms with Gasteiger partial charge in [-0.2, -0.15) is 5.26 Å². The van der Waals surface area contributed by atoms with E-state index in [1.807, 2.05) is 6.92 Å². The molecule has 0 saturated heterocycles. The highest BCUT2D eigenvalue weighted by Crippen LogP contribution is 2.22. The van der Waals surface area contributed by atoms with Gasteiger partial charge in [-0.05, 0) is 43.2 Å². The highest BCUT2D eigenvalue weighted by molar-refractivity contribution is 5.90. The summed E-state index contributed by atoms with van der Waals surface area (Å²) in [5, 5.41) is 21.2. The topological polar surface area (TPSA) is 86.0 Å². The number of carboxylic acid groups (broad SMARTS) is 1. The number of aryl methyl sites for hydroxylation is 2. The van der Waals surface area contributed by atoms with Crippen molar-refractivity contribution in [1.29, 1.82) is 5.26 Å². The Hall–Kier alpha value is -2.87. The van der Waals surface area contributed by atoms with Gasteiger partial charge in [0.1, 0.15) is 11.9 Å². The van der Waals surface area contributed by atoms with Gasteiger partial charge in [-0.25, -0.2) is 9.78 Å². The van der Waals surface area contributed by atoms with Crippen LogP contribution in [0.3, 0.4) is 0 Å². The highest BCUT2D eigenvalue weighted by atomic mass is 16.4. The van der Waals surface area contributed by atoms with E-state index >= 15 is 0 Å². The van der Waals surface area contributed by atoms with E-state index in [1.165, 1.54) is 6.07 Å². The summed E-state index contributed by atoms with van der Waals surface area (Å²) in [5.74, 6) is -0.559. The van der Waals surface area contributed by atoms with Gasteiger partial charge in [-0.15, -0.1) is 0 Å². The number of nitriles is 1. The molecular weight excluding hydrogens is 254 g/mol. The molecule has 0 amide bonds. The first-order valence-electron chi connectivity index (χ1n) is 5.99. The highest BCUT2D eigenvalue weighted by Gasteiger charge is 2.10. The number of benzene rings is 1. The van der Waals surface area contributed by atoms with E-state index in [9.17, 15) is 4.79 Å². The molecule has 0 spiro atoms. The number of carbonyl (C=O) groups is 1. The Balaban J connectivity index is 2.41. The van der Waals surface area contributed by atoms with E-state index in [-0.39, 0.29) is 5.56 Å². The molecule has 1 aromatic carbocycles. The number of anilines is 2. The van der Waals surface area contributed by atoms with Crippen LogP contribution >= 0.6 is 0 Å². The van der Waals surface area contributed by atoms with Crippen molar-refractivity contribution in [2.45, 2.75) is 13.8 Å². The number of hydrogen-bond donors (Lipinski definition) is 2. The minimum Gasteiger partial charge on any atom is -0.478 e. The fourth-order valence-corrected chi connectivity index (χ4v) is 1.86. The Kier molecular flexibility index (Phi) is 3.67. The number of pyridine rings is 1. The van der Waals surface area contributed by atoms with Crippen LogP contribution in [0.2, 0.25) is 0 Å². The van der Waals surface area contributed by atoms with Gasteiger partial charge in [0.15, 0.2) is 0 Å². The van der Waals surface area contributed by atoms with E-state index in [0.29, 0.717) is 22.6 Å². The second kappa shape index (κ2) is 5.41.